The fourth-order valence-corrected chi connectivity index (χ4v) is 4.10. The van der Waals surface area contributed by atoms with Crippen molar-refractivity contribution in [2.45, 2.75) is 19.3 Å². The smallest absolute Gasteiger partial charge is 0.258 e. The van der Waals surface area contributed by atoms with Crippen LogP contribution in [0.15, 0.2) is 65.2 Å². The summed E-state index contributed by atoms with van der Waals surface area (Å²) >= 11 is 0. The van der Waals surface area contributed by atoms with Gasteiger partial charge in [0.25, 0.3) is 5.89 Å². The van der Waals surface area contributed by atoms with Gasteiger partial charge in [-0.2, -0.15) is 4.98 Å². The van der Waals surface area contributed by atoms with E-state index < -0.39 is 0 Å². The quantitative estimate of drug-likeness (QED) is 0.447. The molecule has 1 aromatic heterocycles. The van der Waals surface area contributed by atoms with Gasteiger partial charge < -0.3 is 15.0 Å². The number of nitrogens with zero attached hydrogens (tertiary/aromatic N) is 3. The first-order valence-electron chi connectivity index (χ1n) is 10.8. The molecule has 1 aliphatic rings. The van der Waals surface area contributed by atoms with Crippen molar-refractivity contribution < 1.29 is 9.26 Å². The van der Waals surface area contributed by atoms with E-state index in [0.29, 0.717) is 24.0 Å². The maximum absolute atomic E-state index is 6.21. The Hall–Kier alpha value is -3.38. The van der Waals surface area contributed by atoms with Crippen molar-refractivity contribution >= 4 is 16.5 Å². The van der Waals surface area contributed by atoms with Gasteiger partial charge in [0.15, 0.2) is 0 Å². The highest BCUT2D eigenvalue weighted by molar-refractivity contribution is 5.96. The van der Waals surface area contributed by atoms with Crippen LogP contribution in [-0.2, 0) is 0 Å². The van der Waals surface area contributed by atoms with Gasteiger partial charge in [-0.15, -0.1) is 0 Å². The first-order chi connectivity index (χ1) is 15.3. The summed E-state index contributed by atoms with van der Waals surface area (Å²) in [5.74, 6) is 1.85. The van der Waals surface area contributed by atoms with E-state index in [1.165, 1.54) is 32.4 Å². The summed E-state index contributed by atoms with van der Waals surface area (Å²) in [6, 6.07) is 19.7. The van der Waals surface area contributed by atoms with Crippen LogP contribution in [0.2, 0.25) is 0 Å². The van der Waals surface area contributed by atoms with E-state index in [1.807, 2.05) is 60.7 Å². The summed E-state index contributed by atoms with van der Waals surface area (Å²) in [4.78, 5) is 7.04. The second kappa shape index (κ2) is 8.78. The molecule has 1 fully saturated rings. The topological polar surface area (TPSA) is 77.4 Å². The number of rotatable bonds is 6. The van der Waals surface area contributed by atoms with Crippen LogP contribution in [0.4, 0.5) is 5.69 Å². The molecule has 6 nitrogen and oxygen atoms in total. The lowest BCUT2D eigenvalue weighted by molar-refractivity contribution is 0.183. The van der Waals surface area contributed by atoms with Crippen LogP contribution in [0.5, 0.6) is 5.75 Å². The van der Waals surface area contributed by atoms with E-state index in [-0.39, 0.29) is 0 Å². The Morgan fingerprint density at radius 3 is 2.58 bits per heavy atom. The fraction of sp³-hybridized carbons (Fsp3) is 0.280. The molecular weight excluding hydrogens is 388 g/mol. The third kappa shape index (κ3) is 4.39. The number of likely N-dealkylation sites (tertiary alicyclic amines) is 1. The molecule has 2 N–H and O–H groups in total. The number of aromatic nitrogens is 2. The zero-order chi connectivity index (χ0) is 21.0. The molecule has 3 aromatic carbocycles. The van der Waals surface area contributed by atoms with Crippen LogP contribution in [0.1, 0.15) is 19.3 Å². The van der Waals surface area contributed by atoms with Crippen LogP contribution < -0.4 is 10.5 Å². The lowest BCUT2D eigenvalue weighted by atomic mass is 10.1. The zero-order valence-corrected chi connectivity index (χ0v) is 17.5. The summed E-state index contributed by atoms with van der Waals surface area (Å²) in [7, 11) is 0. The molecule has 2 heterocycles. The Balaban J connectivity index is 1.26. The molecule has 0 bridgehead atoms. The van der Waals surface area contributed by atoms with Crippen molar-refractivity contribution in [1.82, 2.24) is 15.0 Å². The Morgan fingerprint density at radius 1 is 0.935 bits per heavy atom. The molecular formula is C25H26N4O2. The molecule has 0 aliphatic carbocycles. The minimum Gasteiger partial charge on any atom is -0.492 e. The molecule has 0 spiro atoms. The Bertz CT molecular complexity index is 1160. The van der Waals surface area contributed by atoms with Crippen molar-refractivity contribution in [3.05, 3.63) is 60.7 Å². The Morgan fingerprint density at radius 2 is 1.74 bits per heavy atom. The number of fused-ring (bicyclic) bond motifs is 1. The second-order valence-corrected chi connectivity index (χ2v) is 7.98. The molecule has 6 heteroatoms. The summed E-state index contributed by atoms with van der Waals surface area (Å²) < 4.78 is 11.4. The van der Waals surface area contributed by atoms with Gasteiger partial charge in [-0.3, -0.25) is 4.90 Å². The average Bonchev–Trinajstić information content (AvgIpc) is 3.31. The fourth-order valence-electron chi connectivity index (χ4n) is 4.10. The minimum absolute atomic E-state index is 0.453. The van der Waals surface area contributed by atoms with Crippen LogP contribution in [0.3, 0.4) is 0 Å². The molecule has 0 unspecified atom stereocenters. The first kappa shape index (κ1) is 19.6. The van der Waals surface area contributed by atoms with E-state index >= 15 is 0 Å². The molecule has 1 aliphatic heterocycles. The highest BCUT2D eigenvalue weighted by Gasteiger charge is 2.13. The van der Waals surface area contributed by atoms with E-state index in [4.69, 9.17) is 15.0 Å². The monoisotopic (exact) mass is 414 g/mol. The van der Waals surface area contributed by atoms with Gasteiger partial charge in [-0.25, -0.2) is 0 Å². The van der Waals surface area contributed by atoms with E-state index in [2.05, 4.69) is 15.0 Å². The number of nitrogen functional groups attached to an aromatic ring is 1. The average molecular weight is 415 g/mol. The summed E-state index contributed by atoms with van der Waals surface area (Å²) in [6.45, 7) is 4.05. The maximum Gasteiger partial charge on any atom is 0.258 e. The lowest BCUT2D eigenvalue weighted by Crippen LogP contribution is -2.33. The highest BCUT2D eigenvalue weighted by atomic mass is 16.5. The number of ether oxygens (including phenoxy) is 1. The molecule has 4 aromatic rings. The summed E-state index contributed by atoms with van der Waals surface area (Å²) in [5, 5.41) is 6.21. The summed E-state index contributed by atoms with van der Waals surface area (Å²) in [6.07, 6.45) is 3.95. The first-order valence-corrected chi connectivity index (χ1v) is 10.8. The minimum atomic E-state index is 0.453. The van der Waals surface area contributed by atoms with Gasteiger partial charge in [-0.05, 0) is 67.7 Å². The maximum atomic E-state index is 6.21. The predicted molar refractivity (Wildman–Crippen MR) is 123 cm³/mol. The molecule has 0 atom stereocenters. The Labute approximate surface area is 181 Å². The van der Waals surface area contributed by atoms with Crippen LogP contribution >= 0.6 is 0 Å². The number of piperidine rings is 1. The van der Waals surface area contributed by atoms with E-state index in [9.17, 15) is 0 Å². The standard InChI is InChI=1S/C25H26N4O2/c26-23-17-20(16-19-6-2-3-7-22(19)23)25-27-24(28-31-25)18-8-10-21(11-9-18)30-15-14-29-12-4-1-5-13-29/h2-3,6-11,16-17H,1,4-5,12-15,26H2. The van der Waals surface area contributed by atoms with Crippen molar-refractivity contribution in [3.8, 4) is 28.6 Å². The van der Waals surface area contributed by atoms with Crippen molar-refractivity contribution in [2.75, 3.05) is 32.0 Å². The molecule has 31 heavy (non-hydrogen) atoms. The van der Waals surface area contributed by atoms with Crippen molar-refractivity contribution in [2.24, 2.45) is 0 Å². The molecule has 0 radical (unpaired) electrons. The van der Waals surface area contributed by atoms with E-state index in [1.54, 1.807) is 0 Å². The van der Waals surface area contributed by atoms with E-state index in [0.717, 1.165) is 34.2 Å². The third-order valence-electron chi connectivity index (χ3n) is 5.80. The number of benzene rings is 3. The normalized spacial score (nSPS) is 14.7. The largest absolute Gasteiger partial charge is 0.492 e. The molecule has 5 rings (SSSR count). The van der Waals surface area contributed by atoms with Gasteiger partial charge >= 0.3 is 0 Å². The molecule has 1 saturated heterocycles. The van der Waals surface area contributed by atoms with Gasteiger partial charge in [-0.1, -0.05) is 35.8 Å². The number of hydrogen-bond acceptors (Lipinski definition) is 6. The number of hydrogen-bond donors (Lipinski definition) is 1. The third-order valence-corrected chi connectivity index (χ3v) is 5.80. The SMILES string of the molecule is Nc1cc(-c2nc(-c3ccc(OCCN4CCCCC4)cc3)no2)cc2ccccc12. The molecule has 158 valence electrons. The zero-order valence-electron chi connectivity index (χ0n) is 17.5. The van der Waals surface area contributed by atoms with Gasteiger partial charge in [0.05, 0.1) is 0 Å². The molecule has 0 amide bonds. The summed E-state index contributed by atoms with van der Waals surface area (Å²) in [5.41, 5.74) is 8.60. The van der Waals surface area contributed by atoms with Gasteiger partial charge in [0.1, 0.15) is 12.4 Å². The van der Waals surface area contributed by atoms with Crippen molar-refractivity contribution in [1.29, 1.82) is 0 Å². The second-order valence-electron chi connectivity index (χ2n) is 7.98. The highest BCUT2D eigenvalue weighted by Crippen LogP contribution is 2.30. The van der Waals surface area contributed by atoms with Gasteiger partial charge in [0, 0.05) is 28.7 Å². The number of nitrogens with two attached hydrogens (primary N) is 1. The van der Waals surface area contributed by atoms with Gasteiger partial charge in [0.2, 0.25) is 5.82 Å². The predicted octanol–water partition coefficient (Wildman–Crippen LogP) is 5.00. The van der Waals surface area contributed by atoms with Crippen LogP contribution in [0, 0.1) is 0 Å². The number of anilines is 1. The molecule has 0 saturated carbocycles. The lowest BCUT2D eigenvalue weighted by Gasteiger charge is -2.26. The van der Waals surface area contributed by atoms with Crippen LogP contribution in [-0.4, -0.2) is 41.3 Å². The Kier molecular flexibility index (Phi) is 5.54. The van der Waals surface area contributed by atoms with Crippen LogP contribution in [0.25, 0.3) is 33.6 Å². The van der Waals surface area contributed by atoms with Crippen molar-refractivity contribution in [3.63, 3.8) is 0 Å².